The van der Waals surface area contributed by atoms with Crippen LogP contribution in [-0.4, -0.2) is 28.5 Å². The summed E-state index contributed by atoms with van der Waals surface area (Å²) in [5, 5.41) is 10.4. The minimum Gasteiger partial charge on any atom is -0.405 e. The summed E-state index contributed by atoms with van der Waals surface area (Å²) in [5.41, 5.74) is 0. The first-order chi connectivity index (χ1) is 10.8. The van der Waals surface area contributed by atoms with Crippen molar-refractivity contribution in [3.63, 3.8) is 0 Å². The number of nitrogens with zero attached hydrogens (tertiary/aromatic N) is 2. The zero-order chi connectivity index (χ0) is 15.2. The highest BCUT2D eigenvalue weighted by Gasteiger charge is 2.23. The van der Waals surface area contributed by atoms with E-state index in [1.165, 1.54) is 0 Å². The highest BCUT2D eigenvalue weighted by Crippen LogP contribution is 2.28. The highest BCUT2D eigenvalue weighted by atomic mass is 32.2. The maximum Gasteiger partial charge on any atom is 0.322 e. The van der Waals surface area contributed by atoms with Crippen molar-refractivity contribution in [2.24, 2.45) is 0 Å². The molecule has 2 aromatic rings. The van der Waals surface area contributed by atoms with E-state index in [1.54, 1.807) is 11.8 Å². The van der Waals surface area contributed by atoms with Crippen LogP contribution in [0.4, 0.5) is 6.01 Å². The number of thioether (sulfide) groups is 1. The minimum atomic E-state index is -0.133. The van der Waals surface area contributed by atoms with Crippen LogP contribution in [0.5, 0.6) is 0 Å². The van der Waals surface area contributed by atoms with E-state index in [0.717, 1.165) is 17.7 Å². The Labute approximate surface area is 132 Å². The second kappa shape index (κ2) is 7.42. The van der Waals surface area contributed by atoms with Crippen molar-refractivity contribution in [1.82, 2.24) is 10.2 Å². The van der Waals surface area contributed by atoms with Gasteiger partial charge in [0.1, 0.15) is 6.10 Å². The molecule has 1 N–H and O–H groups in total. The fourth-order valence-electron chi connectivity index (χ4n) is 2.15. The Balaban J connectivity index is 1.43. The third kappa shape index (κ3) is 4.08. The van der Waals surface area contributed by atoms with Crippen LogP contribution in [0, 0.1) is 0 Å². The number of anilines is 1. The molecule has 0 saturated carbocycles. The molecule has 0 bridgehead atoms. The number of carbonyl (C=O) groups is 1. The summed E-state index contributed by atoms with van der Waals surface area (Å²) in [6, 6.07) is 10.1. The quantitative estimate of drug-likeness (QED) is 0.825. The van der Waals surface area contributed by atoms with E-state index in [9.17, 15) is 4.79 Å². The average Bonchev–Trinajstić information content (AvgIpc) is 3.19. The van der Waals surface area contributed by atoms with Gasteiger partial charge < -0.3 is 9.15 Å². The second-order valence-electron chi connectivity index (χ2n) is 4.91. The molecule has 1 aliphatic rings. The topological polar surface area (TPSA) is 77.2 Å². The summed E-state index contributed by atoms with van der Waals surface area (Å²) < 4.78 is 10.9. The first kappa shape index (κ1) is 15.1. The molecule has 1 amide bonds. The number of nitrogens with one attached hydrogen (secondary N) is 1. The molecule has 3 rings (SSSR count). The van der Waals surface area contributed by atoms with Crippen LogP contribution in [0.15, 0.2) is 39.6 Å². The van der Waals surface area contributed by atoms with Crippen LogP contribution >= 0.6 is 11.8 Å². The van der Waals surface area contributed by atoms with Crippen molar-refractivity contribution in [2.45, 2.75) is 30.3 Å². The number of ether oxygens (including phenoxy) is 1. The van der Waals surface area contributed by atoms with Gasteiger partial charge in [-0.25, -0.2) is 0 Å². The van der Waals surface area contributed by atoms with Gasteiger partial charge in [0.15, 0.2) is 0 Å². The average molecular weight is 319 g/mol. The van der Waals surface area contributed by atoms with Crippen LogP contribution in [0.1, 0.15) is 31.3 Å². The lowest BCUT2D eigenvalue weighted by atomic mass is 10.2. The van der Waals surface area contributed by atoms with E-state index < -0.39 is 0 Å². The van der Waals surface area contributed by atoms with Gasteiger partial charge in [0, 0.05) is 23.7 Å². The van der Waals surface area contributed by atoms with E-state index >= 15 is 0 Å². The molecule has 0 spiro atoms. The number of hydrogen-bond donors (Lipinski definition) is 1. The molecule has 22 heavy (non-hydrogen) atoms. The highest BCUT2D eigenvalue weighted by molar-refractivity contribution is 7.99. The summed E-state index contributed by atoms with van der Waals surface area (Å²) in [6.45, 7) is 0.714. The normalized spacial score (nSPS) is 17.5. The van der Waals surface area contributed by atoms with Gasteiger partial charge in [-0.15, -0.1) is 16.9 Å². The Kier molecular flexibility index (Phi) is 5.07. The predicted molar refractivity (Wildman–Crippen MR) is 82.6 cm³/mol. The number of hydrogen-bond acceptors (Lipinski definition) is 6. The molecular formula is C15H17N3O3S. The Morgan fingerprint density at radius 1 is 1.32 bits per heavy atom. The Morgan fingerprint density at radius 2 is 2.18 bits per heavy atom. The zero-order valence-corrected chi connectivity index (χ0v) is 12.8. The molecule has 2 heterocycles. The Hall–Kier alpha value is -1.86. The van der Waals surface area contributed by atoms with Gasteiger partial charge in [0.2, 0.25) is 11.8 Å². The molecule has 1 aromatic heterocycles. The molecule has 0 aliphatic carbocycles. The third-order valence-corrected chi connectivity index (χ3v) is 4.25. The first-order valence-electron chi connectivity index (χ1n) is 7.24. The first-order valence-corrected chi connectivity index (χ1v) is 8.22. The maximum absolute atomic E-state index is 11.8. The molecule has 7 heteroatoms. The standard InChI is InChI=1S/C15H17N3O3S/c19-13(8-10-22-11-5-2-1-3-6-11)16-15-18-17-14(21-15)12-7-4-9-20-12/h1-3,5-6,12H,4,7-10H2,(H,16,18,19). The van der Waals surface area contributed by atoms with Crippen molar-refractivity contribution < 1.29 is 13.9 Å². The van der Waals surface area contributed by atoms with Gasteiger partial charge in [0.05, 0.1) is 0 Å². The van der Waals surface area contributed by atoms with Gasteiger partial charge in [-0.3, -0.25) is 10.1 Å². The third-order valence-electron chi connectivity index (χ3n) is 3.23. The lowest BCUT2D eigenvalue weighted by Crippen LogP contribution is -2.12. The minimum absolute atomic E-state index is 0.133. The maximum atomic E-state index is 11.8. The van der Waals surface area contributed by atoms with E-state index in [4.69, 9.17) is 9.15 Å². The van der Waals surface area contributed by atoms with Crippen LogP contribution in [0.3, 0.4) is 0 Å². The lowest BCUT2D eigenvalue weighted by molar-refractivity contribution is -0.115. The second-order valence-corrected chi connectivity index (χ2v) is 6.08. The molecule has 1 aromatic carbocycles. The van der Waals surface area contributed by atoms with Gasteiger partial charge in [-0.1, -0.05) is 23.3 Å². The summed E-state index contributed by atoms with van der Waals surface area (Å²) in [4.78, 5) is 13.0. The monoisotopic (exact) mass is 319 g/mol. The van der Waals surface area contributed by atoms with Gasteiger partial charge >= 0.3 is 6.01 Å². The van der Waals surface area contributed by atoms with Crippen molar-refractivity contribution in [3.05, 3.63) is 36.2 Å². The van der Waals surface area contributed by atoms with Crippen molar-refractivity contribution in [3.8, 4) is 0 Å². The summed E-state index contributed by atoms with van der Waals surface area (Å²) in [6.07, 6.45) is 2.12. The molecule has 0 radical (unpaired) electrons. The Morgan fingerprint density at radius 3 is 2.95 bits per heavy atom. The molecule has 116 valence electrons. The van der Waals surface area contributed by atoms with Crippen LogP contribution in [0.2, 0.25) is 0 Å². The molecular weight excluding hydrogens is 302 g/mol. The lowest BCUT2D eigenvalue weighted by Gasteiger charge is -2.03. The molecule has 1 saturated heterocycles. The number of aromatic nitrogens is 2. The SMILES string of the molecule is O=C(CCSc1ccccc1)Nc1nnc(C2CCCO2)o1. The molecule has 1 atom stereocenters. The fourth-order valence-corrected chi connectivity index (χ4v) is 3.02. The van der Waals surface area contributed by atoms with Crippen molar-refractivity contribution in [1.29, 1.82) is 0 Å². The van der Waals surface area contributed by atoms with Gasteiger partial charge in [-0.2, -0.15) is 0 Å². The van der Waals surface area contributed by atoms with E-state index in [1.807, 2.05) is 30.3 Å². The van der Waals surface area contributed by atoms with E-state index in [2.05, 4.69) is 15.5 Å². The number of benzene rings is 1. The van der Waals surface area contributed by atoms with Gasteiger partial charge in [-0.05, 0) is 25.0 Å². The number of carbonyl (C=O) groups excluding carboxylic acids is 1. The summed E-state index contributed by atoms with van der Waals surface area (Å²) in [7, 11) is 0. The number of rotatable bonds is 6. The number of amides is 1. The van der Waals surface area contributed by atoms with Crippen LogP contribution in [-0.2, 0) is 9.53 Å². The summed E-state index contributed by atoms with van der Waals surface area (Å²) >= 11 is 1.64. The molecule has 1 aliphatic heterocycles. The molecule has 1 unspecified atom stereocenters. The van der Waals surface area contributed by atoms with Crippen LogP contribution in [0.25, 0.3) is 0 Å². The summed E-state index contributed by atoms with van der Waals surface area (Å²) in [5.74, 6) is 1.00. The zero-order valence-electron chi connectivity index (χ0n) is 12.0. The Bertz CT molecular complexity index is 612. The van der Waals surface area contributed by atoms with Crippen LogP contribution < -0.4 is 5.32 Å². The predicted octanol–water partition coefficient (Wildman–Crippen LogP) is 3.04. The fraction of sp³-hybridized carbons (Fsp3) is 0.400. The molecule has 6 nitrogen and oxygen atoms in total. The smallest absolute Gasteiger partial charge is 0.322 e. The molecule has 1 fully saturated rings. The van der Waals surface area contributed by atoms with Gasteiger partial charge in [0.25, 0.3) is 0 Å². The van der Waals surface area contributed by atoms with Crippen molar-refractivity contribution in [2.75, 3.05) is 17.7 Å². The van der Waals surface area contributed by atoms with E-state index in [0.29, 0.717) is 24.7 Å². The van der Waals surface area contributed by atoms with Crippen molar-refractivity contribution >= 4 is 23.7 Å². The van der Waals surface area contributed by atoms with E-state index in [-0.39, 0.29) is 18.0 Å². The largest absolute Gasteiger partial charge is 0.405 e.